The fourth-order valence-corrected chi connectivity index (χ4v) is 3.75. The zero-order chi connectivity index (χ0) is 20.4. The summed E-state index contributed by atoms with van der Waals surface area (Å²) in [6.45, 7) is 2.12. The van der Waals surface area contributed by atoms with Gasteiger partial charge in [0.2, 0.25) is 5.91 Å². The summed E-state index contributed by atoms with van der Waals surface area (Å²) in [4.78, 5) is 28.5. The molecule has 0 aliphatic carbocycles. The first-order valence-corrected chi connectivity index (χ1v) is 9.72. The van der Waals surface area contributed by atoms with Gasteiger partial charge in [0, 0.05) is 31.7 Å². The van der Waals surface area contributed by atoms with Gasteiger partial charge in [0.1, 0.15) is 18.2 Å². The summed E-state index contributed by atoms with van der Waals surface area (Å²) in [6.07, 6.45) is 1.30. The van der Waals surface area contributed by atoms with E-state index in [0.29, 0.717) is 43.2 Å². The minimum atomic E-state index is -0.502. The maximum Gasteiger partial charge on any atom is 0.261 e. The molecule has 0 saturated carbocycles. The van der Waals surface area contributed by atoms with Crippen molar-refractivity contribution in [2.45, 2.75) is 12.6 Å². The molecule has 1 amide bonds. The van der Waals surface area contributed by atoms with Crippen LogP contribution >= 0.6 is 24.0 Å². The van der Waals surface area contributed by atoms with Crippen molar-refractivity contribution in [2.75, 3.05) is 26.2 Å². The molecule has 160 valence electrons. The highest BCUT2D eigenvalue weighted by molar-refractivity contribution is 6.30. The van der Waals surface area contributed by atoms with Crippen LogP contribution in [0, 0.1) is 11.7 Å². The number of hydrogen-bond donors (Lipinski definition) is 2. The number of benzene rings is 1. The number of amides is 1. The number of carbonyl (C=O) groups excluding carboxylic acids is 1. The molecule has 2 N–H and O–H groups in total. The summed E-state index contributed by atoms with van der Waals surface area (Å²) >= 11 is 5.81. The van der Waals surface area contributed by atoms with E-state index >= 15 is 0 Å². The number of hydrogen-bond acceptors (Lipinski definition) is 5. The molecule has 1 aromatic heterocycles. The van der Waals surface area contributed by atoms with Crippen LogP contribution in [0.4, 0.5) is 4.39 Å². The number of rotatable bonds is 4. The van der Waals surface area contributed by atoms with E-state index in [1.165, 1.54) is 12.1 Å². The Morgan fingerprint density at radius 3 is 2.87 bits per heavy atom. The van der Waals surface area contributed by atoms with Gasteiger partial charge in [-0.15, -0.1) is 12.4 Å². The summed E-state index contributed by atoms with van der Waals surface area (Å²) in [5.74, 6) is -0.564. The van der Waals surface area contributed by atoms with Gasteiger partial charge in [0.15, 0.2) is 0 Å². The number of nitrogens with one attached hydrogen (secondary N) is 2. The van der Waals surface area contributed by atoms with Crippen LogP contribution in [-0.4, -0.2) is 42.6 Å². The molecule has 0 spiro atoms. The molecule has 2 aromatic rings. The average molecular weight is 455 g/mol. The Labute approximate surface area is 183 Å². The molecule has 2 atom stereocenters. The standard InChI is InChI=1S/C20H20ClFN4O3.ClH/c21-15-4-3-12(8-16(15)22)18-13(9-23-5-7-29-18)11-26-6-1-2-14(20(26)28)19-24-10-17(27)25-19;/h1-4,6,8,13,18,23H,5,7,9-11H2,(H,24,25,27);1H/t13-,18-;/m0./s1. The first-order valence-electron chi connectivity index (χ1n) is 9.34. The number of aromatic nitrogens is 1. The first-order chi connectivity index (χ1) is 14.0. The van der Waals surface area contributed by atoms with Crippen LogP contribution in [0.3, 0.4) is 0 Å². The molecule has 3 heterocycles. The van der Waals surface area contributed by atoms with Crippen molar-refractivity contribution >= 4 is 35.8 Å². The number of amidine groups is 1. The van der Waals surface area contributed by atoms with Crippen LogP contribution in [0.2, 0.25) is 5.02 Å². The van der Waals surface area contributed by atoms with E-state index in [-0.39, 0.29) is 41.4 Å². The molecule has 2 aliphatic rings. The SMILES string of the molecule is Cl.O=C1CN=C(c2cccn(C[C@@H]3CNCCO[C@H]3c3ccc(Cl)c(F)c3)c2=O)N1. The third kappa shape index (κ3) is 4.73. The predicted octanol–water partition coefficient (Wildman–Crippen LogP) is 1.92. The van der Waals surface area contributed by atoms with E-state index in [0.717, 1.165) is 0 Å². The molecular weight excluding hydrogens is 434 g/mol. The largest absolute Gasteiger partial charge is 0.372 e. The first kappa shape index (κ1) is 22.4. The second kappa shape index (κ2) is 9.70. The third-order valence-corrected chi connectivity index (χ3v) is 5.33. The van der Waals surface area contributed by atoms with Crippen molar-refractivity contribution in [3.05, 3.63) is 68.8 Å². The maximum atomic E-state index is 14.0. The Kier molecular flexibility index (Phi) is 7.25. The smallest absolute Gasteiger partial charge is 0.261 e. The summed E-state index contributed by atoms with van der Waals surface area (Å²) < 4.78 is 21.6. The van der Waals surface area contributed by atoms with E-state index in [2.05, 4.69) is 15.6 Å². The van der Waals surface area contributed by atoms with Gasteiger partial charge in [-0.25, -0.2) is 4.39 Å². The van der Waals surface area contributed by atoms with E-state index in [9.17, 15) is 14.0 Å². The van der Waals surface area contributed by atoms with Gasteiger partial charge in [0.25, 0.3) is 5.56 Å². The Hall–Kier alpha value is -2.26. The van der Waals surface area contributed by atoms with Crippen molar-refractivity contribution in [2.24, 2.45) is 10.9 Å². The number of carbonyl (C=O) groups is 1. The average Bonchev–Trinajstić information content (AvgIpc) is 3.00. The van der Waals surface area contributed by atoms with Crippen molar-refractivity contribution in [1.29, 1.82) is 0 Å². The number of halogens is 3. The van der Waals surface area contributed by atoms with Gasteiger partial charge in [-0.05, 0) is 29.8 Å². The summed E-state index contributed by atoms with van der Waals surface area (Å²) in [7, 11) is 0. The summed E-state index contributed by atoms with van der Waals surface area (Å²) in [5.41, 5.74) is 0.769. The molecule has 0 unspecified atom stereocenters. The van der Waals surface area contributed by atoms with Crippen molar-refractivity contribution in [3.63, 3.8) is 0 Å². The number of ether oxygens (including phenoxy) is 1. The minimum Gasteiger partial charge on any atom is -0.372 e. The quantitative estimate of drug-likeness (QED) is 0.738. The van der Waals surface area contributed by atoms with Gasteiger partial charge < -0.3 is 19.9 Å². The van der Waals surface area contributed by atoms with E-state index in [1.807, 2.05) is 0 Å². The van der Waals surface area contributed by atoms with Gasteiger partial charge in [-0.3, -0.25) is 14.6 Å². The monoisotopic (exact) mass is 454 g/mol. The lowest BCUT2D eigenvalue weighted by molar-refractivity contribution is -0.117. The molecule has 7 nitrogen and oxygen atoms in total. The van der Waals surface area contributed by atoms with Crippen LogP contribution in [-0.2, 0) is 16.1 Å². The predicted molar refractivity (Wildman–Crippen MR) is 114 cm³/mol. The molecule has 1 aromatic carbocycles. The maximum absolute atomic E-state index is 14.0. The van der Waals surface area contributed by atoms with Crippen molar-refractivity contribution in [1.82, 2.24) is 15.2 Å². The zero-order valence-electron chi connectivity index (χ0n) is 15.9. The number of nitrogens with zero attached hydrogens (tertiary/aromatic N) is 2. The van der Waals surface area contributed by atoms with Crippen LogP contribution in [0.25, 0.3) is 0 Å². The van der Waals surface area contributed by atoms with Gasteiger partial charge in [0.05, 0.1) is 23.3 Å². The molecule has 0 radical (unpaired) electrons. The number of pyridine rings is 1. The zero-order valence-corrected chi connectivity index (χ0v) is 17.5. The third-order valence-electron chi connectivity index (χ3n) is 5.03. The molecule has 4 rings (SSSR count). The van der Waals surface area contributed by atoms with Gasteiger partial charge in [-0.1, -0.05) is 17.7 Å². The molecule has 1 fully saturated rings. The lowest BCUT2D eigenvalue weighted by Gasteiger charge is -2.26. The molecule has 1 saturated heterocycles. The second-order valence-corrected chi connectivity index (χ2v) is 7.43. The Balaban J connectivity index is 0.00000256. The van der Waals surface area contributed by atoms with Crippen molar-refractivity contribution in [3.8, 4) is 0 Å². The molecular formula is C20H21Cl2FN4O3. The van der Waals surface area contributed by atoms with Crippen molar-refractivity contribution < 1.29 is 13.9 Å². The topological polar surface area (TPSA) is 84.7 Å². The van der Waals surface area contributed by atoms with Crippen LogP contribution in [0.1, 0.15) is 17.2 Å². The molecule has 2 aliphatic heterocycles. The number of aliphatic imine (C=N–C) groups is 1. The molecule has 10 heteroatoms. The van der Waals surface area contributed by atoms with Crippen LogP contribution < -0.4 is 16.2 Å². The Morgan fingerprint density at radius 1 is 1.30 bits per heavy atom. The van der Waals surface area contributed by atoms with E-state index in [4.69, 9.17) is 16.3 Å². The highest BCUT2D eigenvalue weighted by Gasteiger charge is 2.28. The summed E-state index contributed by atoms with van der Waals surface area (Å²) in [6, 6.07) is 8.02. The fraction of sp³-hybridized carbons (Fsp3) is 0.350. The highest BCUT2D eigenvalue weighted by Crippen LogP contribution is 2.30. The van der Waals surface area contributed by atoms with Gasteiger partial charge in [-0.2, -0.15) is 0 Å². The Morgan fingerprint density at radius 2 is 2.13 bits per heavy atom. The minimum absolute atomic E-state index is 0. The Bertz CT molecular complexity index is 1030. The lowest BCUT2D eigenvalue weighted by Crippen LogP contribution is -2.36. The second-order valence-electron chi connectivity index (χ2n) is 7.02. The van der Waals surface area contributed by atoms with Gasteiger partial charge >= 0.3 is 0 Å². The fourth-order valence-electron chi connectivity index (χ4n) is 3.63. The van der Waals surface area contributed by atoms with Crippen LogP contribution in [0.5, 0.6) is 0 Å². The van der Waals surface area contributed by atoms with E-state index in [1.54, 1.807) is 29.0 Å². The van der Waals surface area contributed by atoms with Crippen LogP contribution in [0.15, 0.2) is 46.3 Å². The van der Waals surface area contributed by atoms with E-state index < -0.39 is 11.9 Å². The normalized spacial score (nSPS) is 21.4. The molecule has 30 heavy (non-hydrogen) atoms. The lowest BCUT2D eigenvalue weighted by atomic mass is 9.95. The molecule has 0 bridgehead atoms. The summed E-state index contributed by atoms with van der Waals surface area (Å²) in [5, 5.41) is 5.96. The highest BCUT2D eigenvalue weighted by atomic mass is 35.5.